The molecular formula is C23H28O2S. The maximum atomic E-state index is 11.4. The Kier molecular flexibility index (Phi) is 4.79. The summed E-state index contributed by atoms with van der Waals surface area (Å²) in [6.07, 6.45) is 3.71. The summed E-state index contributed by atoms with van der Waals surface area (Å²) in [5, 5.41) is 11.4. The van der Waals surface area contributed by atoms with Crippen LogP contribution in [0.25, 0.3) is 0 Å². The fourth-order valence-electron chi connectivity index (χ4n) is 4.90. The van der Waals surface area contributed by atoms with Gasteiger partial charge in [-0.2, -0.15) is 11.8 Å². The zero-order valence-electron chi connectivity index (χ0n) is 15.7. The van der Waals surface area contributed by atoms with Crippen molar-refractivity contribution in [3.63, 3.8) is 0 Å². The summed E-state index contributed by atoms with van der Waals surface area (Å²) < 4.78 is 5.93. The Labute approximate surface area is 161 Å². The van der Waals surface area contributed by atoms with Crippen molar-refractivity contribution in [2.75, 3.05) is 5.75 Å². The number of hydrogen-bond donors (Lipinski definition) is 1. The van der Waals surface area contributed by atoms with Gasteiger partial charge >= 0.3 is 0 Å². The van der Waals surface area contributed by atoms with E-state index in [0.29, 0.717) is 11.8 Å². The SMILES string of the molecule is CC1(C)[C@H]2CC[C@H](C2)[C@@]1(O)CSCc1cccc(Oc2ccccc2)c1. The Morgan fingerprint density at radius 3 is 2.46 bits per heavy atom. The van der Waals surface area contributed by atoms with E-state index in [4.69, 9.17) is 4.74 Å². The van der Waals surface area contributed by atoms with E-state index < -0.39 is 5.60 Å². The molecule has 2 aliphatic carbocycles. The van der Waals surface area contributed by atoms with E-state index in [1.54, 1.807) is 0 Å². The second-order valence-electron chi connectivity index (χ2n) is 8.41. The molecule has 2 saturated carbocycles. The maximum Gasteiger partial charge on any atom is 0.127 e. The normalized spacial score (nSPS) is 29.0. The van der Waals surface area contributed by atoms with Crippen molar-refractivity contribution in [1.29, 1.82) is 0 Å². The van der Waals surface area contributed by atoms with Gasteiger partial charge in [-0.1, -0.05) is 44.2 Å². The number of rotatable bonds is 6. The third-order valence-corrected chi connectivity index (χ3v) is 7.89. The molecule has 0 amide bonds. The van der Waals surface area contributed by atoms with Gasteiger partial charge in [0.05, 0.1) is 5.60 Å². The number of benzene rings is 2. The van der Waals surface area contributed by atoms with Gasteiger partial charge in [-0.05, 0) is 66.3 Å². The van der Waals surface area contributed by atoms with Gasteiger partial charge in [0, 0.05) is 11.5 Å². The molecule has 3 heteroatoms. The summed E-state index contributed by atoms with van der Waals surface area (Å²) in [5.74, 6) is 4.64. The van der Waals surface area contributed by atoms with Gasteiger partial charge in [0.25, 0.3) is 0 Å². The minimum Gasteiger partial charge on any atom is -0.457 e. The summed E-state index contributed by atoms with van der Waals surface area (Å²) in [5.41, 5.74) is 0.771. The number of fused-ring (bicyclic) bond motifs is 2. The van der Waals surface area contributed by atoms with Gasteiger partial charge in [0.15, 0.2) is 0 Å². The summed E-state index contributed by atoms with van der Waals surface area (Å²) >= 11 is 1.85. The van der Waals surface area contributed by atoms with Crippen molar-refractivity contribution in [3.05, 3.63) is 60.2 Å². The lowest BCUT2D eigenvalue weighted by Gasteiger charge is -2.46. The van der Waals surface area contributed by atoms with Crippen LogP contribution in [0.2, 0.25) is 0 Å². The average Bonchev–Trinajstić information content (AvgIpc) is 3.19. The first-order valence-corrected chi connectivity index (χ1v) is 10.8. The largest absolute Gasteiger partial charge is 0.457 e. The molecular weight excluding hydrogens is 340 g/mol. The van der Waals surface area contributed by atoms with Gasteiger partial charge in [-0.15, -0.1) is 0 Å². The first-order valence-electron chi connectivity index (χ1n) is 9.61. The van der Waals surface area contributed by atoms with E-state index in [0.717, 1.165) is 23.0 Å². The monoisotopic (exact) mass is 368 g/mol. The van der Waals surface area contributed by atoms with Crippen molar-refractivity contribution in [2.24, 2.45) is 17.3 Å². The third-order valence-electron chi connectivity index (χ3n) is 6.71. The average molecular weight is 369 g/mol. The maximum absolute atomic E-state index is 11.4. The second-order valence-corrected chi connectivity index (χ2v) is 9.39. The van der Waals surface area contributed by atoms with Gasteiger partial charge in [-0.3, -0.25) is 0 Å². The molecule has 0 aliphatic heterocycles. The van der Waals surface area contributed by atoms with Crippen molar-refractivity contribution in [1.82, 2.24) is 0 Å². The van der Waals surface area contributed by atoms with Gasteiger partial charge in [0.1, 0.15) is 11.5 Å². The molecule has 2 aromatic carbocycles. The van der Waals surface area contributed by atoms with E-state index in [9.17, 15) is 5.11 Å². The molecule has 0 aromatic heterocycles. The first kappa shape index (κ1) is 17.9. The predicted molar refractivity (Wildman–Crippen MR) is 109 cm³/mol. The first-order chi connectivity index (χ1) is 12.5. The van der Waals surface area contributed by atoms with Crippen LogP contribution in [-0.2, 0) is 5.75 Å². The molecule has 4 rings (SSSR count). The Morgan fingerprint density at radius 2 is 1.73 bits per heavy atom. The fourth-order valence-corrected chi connectivity index (χ4v) is 6.34. The molecule has 2 aromatic rings. The van der Waals surface area contributed by atoms with Gasteiger partial charge in [-0.25, -0.2) is 0 Å². The highest BCUT2D eigenvalue weighted by atomic mass is 32.2. The third kappa shape index (κ3) is 3.16. The lowest BCUT2D eigenvalue weighted by molar-refractivity contribution is -0.0862. The van der Waals surface area contributed by atoms with Crippen LogP contribution in [0, 0.1) is 17.3 Å². The van der Waals surface area contributed by atoms with Crippen LogP contribution in [0.4, 0.5) is 0 Å². The molecule has 0 heterocycles. The van der Waals surface area contributed by atoms with Crippen LogP contribution in [0.5, 0.6) is 11.5 Å². The van der Waals surface area contributed by atoms with E-state index in [2.05, 4.69) is 26.0 Å². The Bertz CT molecular complexity index is 758. The lowest BCUT2D eigenvalue weighted by Crippen LogP contribution is -2.51. The van der Waals surface area contributed by atoms with E-state index in [-0.39, 0.29) is 5.41 Å². The Hall–Kier alpha value is -1.45. The number of hydrogen-bond acceptors (Lipinski definition) is 3. The molecule has 3 atom stereocenters. The van der Waals surface area contributed by atoms with Crippen LogP contribution >= 0.6 is 11.8 Å². The van der Waals surface area contributed by atoms with Crippen LogP contribution in [0.3, 0.4) is 0 Å². The van der Waals surface area contributed by atoms with Crippen molar-refractivity contribution < 1.29 is 9.84 Å². The van der Waals surface area contributed by atoms with Crippen molar-refractivity contribution in [3.8, 4) is 11.5 Å². The highest BCUT2D eigenvalue weighted by Gasteiger charge is 2.61. The van der Waals surface area contributed by atoms with E-state index >= 15 is 0 Å². The fraction of sp³-hybridized carbons (Fsp3) is 0.478. The summed E-state index contributed by atoms with van der Waals surface area (Å²) in [6, 6.07) is 18.2. The number of thioether (sulfide) groups is 1. The Balaban J connectivity index is 1.37. The smallest absolute Gasteiger partial charge is 0.127 e. The van der Waals surface area contributed by atoms with Gasteiger partial charge < -0.3 is 9.84 Å². The van der Waals surface area contributed by atoms with E-state index in [1.807, 2.05) is 54.2 Å². The minimum absolute atomic E-state index is 0.0428. The summed E-state index contributed by atoms with van der Waals surface area (Å²) in [6.45, 7) is 4.54. The second kappa shape index (κ2) is 6.94. The Morgan fingerprint density at radius 1 is 1.00 bits per heavy atom. The molecule has 2 fully saturated rings. The summed E-state index contributed by atoms with van der Waals surface area (Å²) in [7, 11) is 0. The summed E-state index contributed by atoms with van der Waals surface area (Å²) in [4.78, 5) is 0. The van der Waals surface area contributed by atoms with E-state index in [1.165, 1.54) is 24.8 Å². The van der Waals surface area contributed by atoms with Crippen molar-refractivity contribution in [2.45, 2.75) is 44.5 Å². The highest BCUT2D eigenvalue weighted by Crippen LogP contribution is 2.62. The molecule has 0 radical (unpaired) electrons. The van der Waals surface area contributed by atoms with Gasteiger partial charge in [0.2, 0.25) is 0 Å². The van der Waals surface area contributed by atoms with Crippen molar-refractivity contribution >= 4 is 11.8 Å². The number of ether oxygens (including phenoxy) is 1. The lowest BCUT2D eigenvalue weighted by atomic mass is 9.66. The number of aliphatic hydroxyl groups is 1. The van der Waals surface area contributed by atoms with Crippen LogP contribution in [0.15, 0.2) is 54.6 Å². The predicted octanol–water partition coefficient (Wildman–Crippen LogP) is 5.90. The molecule has 1 N–H and O–H groups in total. The quantitative estimate of drug-likeness (QED) is 0.688. The molecule has 138 valence electrons. The highest BCUT2D eigenvalue weighted by molar-refractivity contribution is 7.98. The molecule has 0 unspecified atom stereocenters. The molecule has 2 bridgehead atoms. The molecule has 0 spiro atoms. The van der Waals surface area contributed by atoms with Crippen LogP contribution in [0.1, 0.15) is 38.7 Å². The topological polar surface area (TPSA) is 29.5 Å². The zero-order valence-corrected chi connectivity index (χ0v) is 16.5. The standard InChI is InChI=1S/C23H28O2S/c1-22(2)18-11-12-19(14-18)23(22,24)16-26-15-17-7-6-10-21(13-17)25-20-8-4-3-5-9-20/h3-10,13,18-19,24H,11-12,14-16H2,1-2H3/t18-,19+,23-/m0/s1. The number of para-hydroxylation sites is 1. The minimum atomic E-state index is -0.515. The van der Waals surface area contributed by atoms with Crippen LogP contribution in [-0.4, -0.2) is 16.5 Å². The molecule has 0 saturated heterocycles. The molecule has 26 heavy (non-hydrogen) atoms. The molecule has 2 nitrogen and oxygen atoms in total. The molecule has 2 aliphatic rings. The van der Waals surface area contributed by atoms with Crippen LogP contribution < -0.4 is 4.74 Å². The zero-order chi connectivity index (χ0) is 18.2.